The van der Waals surface area contributed by atoms with Crippen LogP contribution in [0.3, 0.4) is 0 Å². The Morgan fingerprint density at radius 2 is 1.82 bits per heavy atom. The van der Waals surface area contributed by atoms with E-state index in [-0.39, 0.29) is 11.3 Å². The molecule has 0 aromatic heterocycles. The molecule has 0 aliphatic carbocycles. The van der Waals surface area contributed by atoms with E-state index in [1.165, 1.54) is 0 Å². The molecule has 2 aliphatic rings. The number of carbonyl (C=O) groups is 2. The topological polar surface area (TPSA) is 79.3 Å². The van der Waals surface area contributed by atoms with Crippen molar-refractivity contribution in [3.05, 3.63) is 70.8 Å². The van der Waals surface area contributed by atoms with Gasteiger partial charge in [0.2, 0.25) is 0 Å². The van der Waals surface area contributed by atoms with Gasteiger partial charge in [-0.1, -0.05) is 42.0 Å². The van der Waals surface area contributed by atoms with Crippen LogP contribution in [0.15, 0.2) is 54.1 Å². The van der Waals surface area contributed by atoms with Crippen molar-refractivity contribution < 1.29 is 24.2 Å². The van der Waals surface area contributed by atoms with E-state index in [1.54, 1.807) is 36.3 Å². The van der Waals surface area contributed by atoms with E-state index in [0.29, 0.717) is 31.1 Å². The predicted octanol–water partition coefficient (Wildman–Crippen LogP) is 3.15. The number of Topliss-reactive ketones (excluding diaryl/α,β-unsaturated/α-hetero) is 1. The molecule has 1 atom stereocenters. The molecule has 2 fully saturated rings. The van der Waals surface area contributed by atoms with Crippen LogP contribution in [0.1, 0.15) is 29.2 Å². The molecule has 174 valence electrons. The van der Waals surface area contributed by atoms with Crippen molar-refractivity contribution in [3.8, 4) is 5.75 Å². The number of carbonyl (C=O) groups excluding carboxylic acids is 2. The quantitative estimate of drug-likeness (QED) is 0.397. The highest BCUT2D eigenvalue weighted by molar-refractivity contribution is 6.46. The van der Waals surface area contributed by atoms with Gasteiger partial charge in [-0.25, -0.2) is 0 Å². The minimum absolute atomic E-state index is 0.114. The van der Waals surface area contributed by atoms with Gasteiger partial charge >= 0.3 is 0 Å². The molecule has 4 rings (SSSR count). The highest BCUT2D eigenvalue weighted by atomic mass is 16.5. The maximum Gasteiger partial charge on any atom is 0.295 e. The van der Waals surface area contributed by atoms with Crippen LogP contribution >= 0.6 is 0 Å². The standard InChI is InChI=1S/C26H30N2O5/c1-18-7-9-19(10-8-18)23-22(24(29)20-5-3-6-21(17-20)32-2)25(30)26(31)28(23)12-4-11-27-13-15-33-16-14-27/h3,5-10,17,23,29H,4,11-16H2,1-2H3/b24-22+/t23-/m1/s1. The lowest BCUT2D eigenvalue weighted by Crippen LogP contribution is -2.38. The molecule has 2 heterocycles. The minimum atomic E-state index is -0.660. The number of aliphatic hydroxyl groups is 1. The van der Waals surface area contributed by atoms with Crippen molar-refractivity contribution in [3.63, 3.8) is 0 Å². The van der Waals surface area contributed by atoms with Gasteiger partial charge in [-0.15, -0.1) is 0 Å². The lowest BCUT2D eigenvalue weighted by Gasteiger charge is -2.29. The average Bonchev–Trinajstić information content (AvgIpc) is 3.10. The number of aryl methyl sites for hydroxylation is 1. The van der Waals surface area contributed by atoms with Gasteiger partial charge in [0.25, 0.3) is 11.7 Å². The summed E-state index contributed by atoms with van der Waals surface area (Å²) in [5.41, 5.74) is 2.44. The van der Waals surface area contributed by atoms with Crippen LogP contribution in [0.4, 0.5) is 0 Å². The van der Waals surface area contributed by atoms with Crippen LogP contribution in [0.5, 0.6) is 5.75 Å². The van der Waals surface area contributed by atoms with Crippen molar-refractivity contribution in [1.29, 1.82) is 0 Å². The number of methoxy groups -OCH3 is 1. The SMILES string of the molecule is COc1cccc(/C(O)=C2\C(=O)C(=O)N(CCCN3CCOCC3)[C@@H]2c2ccc(C)cc2)c1. The second kappa shape index (κ2) is 10.2. The molecule has 0 saturated carbocycles. The Hall–Kier alpha value is -3.16. The third kappa shape index (κ3) is 4.94. The smallest absolute Gasteiger partial charge is 0.295 e. The van der Waals surface area contributed by atoms with Gasteiger partial charge in [-0.2, -0.15) is 0 Å². The number of hydrogen-bond acceptors (Lipinski definition) is 6. The van der Waals surface area contributed by atoms with Gasteiger partial charge in [0.1, 0.15) is 11.5 Å². The van der Waals surface area contributed by atoms with Crippen molar-refractivity contribution in [2.75, 3.05) is 46.5 Å². The van der Waals surface area contributed by atoms with Gasteiger partial charge in [-0.3, -0.25) is 14.5 Å². The summed E-state index contributed by atoms with van der Waals surface area (Å²) in [4.78, 5) is 30.1. The first kappa shape index (κ1) is 23.0. The molecule has 1 N–H and O–H groups in total. The first-order chi connectivity index (χ1) is 16.0. The third-order valence-corrected chi connectivity index (χ3v) is 6.25. The van der Waals surface area contributed by atoms with Crippen molar-refractivity contribution in [2.45, 2.75) is 19.4 Å². The van der Waals surface area contributed by atoms with Crippen molar-refractivity contribution in [1.82, 2.24) is 9.80 Å². The number of aliphatic hydroxyl groups excluding tert-OH is 1. The average molecular weight is 451 g/mol. The number of nitrogens with zero attached hydrogens (tertiary/aromatic N) is 2. The predicted molar refractivity (Wildman–Crippen MR) is 125 cm³/mol. The Bertz CT molecular complexity index is 1040. The van der Waals surface area contributed by atoms with Crippen molar-refractivity contribution >= 4 is 17.4 Å². The molecule has 2 aromatic rings. The van der Waals surface area contributed by atoms with E-state index < -0.39 is 17.7 Å². The minimum Gasteiger partial charge on any atom is -0.507 e. The van der Waals surface area contributed by atoms with Crippen LogP contribution in [0.2, 0.25) is 0 Å². The van der Waals surface area contributed by atoms with E-state index in [1.807, 2.05) is 31.2 Å². The summed E-state index contributed by atoms with van der Waals surface area (Å²) < 4.78 is 10.7. The monoisotopic (exact) mass is 450 g/mol. The van der Waals surface area contributed by atoms with E-state index in [4.69, 9.17) is 9.47 Å². The summed E-state index contributed by atoms with van der Waals surface area (Å²) in [5, 5.41) is 11.2. The highest BCUT2D eigenvalue weighted by Gasteiger charge is 2.45. The fourth-order valence-electron chi connectivity index (χ4n) is 4.42. The first-order valence-electron chi connectivity index (χ1n) is 11.3. The fourth-order valence-corrected chi connectivity index (χ4v) is 4.42. The Morgan fingerprint density at radius 1 is 1.09 bits per heavy atom. The Balaban J connectivity index is 1.67. The maximum atomic E-state index is 13.1. The Morgan fingerprint density at radius 3 is 2.52 bits per heavy atom. The maximum absolute atomic E-state index is 13.1. The van der Waals surface area contributed by atoms with Crippen LogP contribution < -0.4 is 4.74 Å². The number of morpholine rings is 1. The van der Waals surface area contributed by atoms with E-state index in [9.17, 15) is 14.7 Å². The zero-order valence-corrected chi connectivity index (χ0v) is 19.1. The molecule has 7 nitrogen and oxygen atoms in total. The first-order valence-corrected chi connectivity index (χ1v) is 11.3. The molecule has 0 unspecified atom stereocenters. The lowest BCUT2D eigenvalue weighted by molar-refractivity contribution is -0.140. The van der Waals surface area contributed by atoms with Gasteiger partial charge in [0.15, 0.2) is 0 Å². The molecule has 0 bridgehead atoms. The summed E-state index contributed by atoms with van der Waals surface area (Å²) in [6.45, 7) is 6.41. The zero-order valence-electron chi connectivity index (χ0n) is 19.1. The second-order valence-corrected chi connectivity index (χ2v) is 8.44. The largest absolute Gasteiger partial charge is 0.507 e. The summed E-state index contributed by atoms with van der Waals surface area (Å²) in [6.07, 6.45) is 0.731. The molecule has 33 heavy (non-hydrogen) atoms. The summed E-state index contributed by atoms with van der Waals surface area (Å²) >= 11 is 0. The van der Waals surface area contributed by atoms with Crippen LogP contribution in [0, 0.1) is 6.92 Å². The number of benzene rings is 2. The number of likely N-dealkylation sites (tertiary alicyclic amines) is 1. The van der Waals surface area contributed by atoms with Gasteiger partial charge in [0.05, 0.1) is 31.9 Å². The molecule has 0 spiro atoms. The second-order valence-electron chi connectivity index (χ2n) is 8.44. The number of hydrogen-bond donors (Lipinski definition) is 1. The summed E-state index contributed by atoms with van der Waals surface area (Å²) in [6, 6.07) is 14.0. The van der Waals surface area contributed by atoms with Gasteiger partial charge < -0.3 is 19.5 Å². The summed E-state index contributed by atoms with van der Waals surface area (Å²) in [5.74, 6) is -0.863. The molecule has 2 saturated heterocycles. The number of amides is 1. The molecule has 2 aliphatic heterocycles. The van der Waals surface area contributed by atoms with Crippen LogP contribution in [-0.2, 0) is 14.3 Å². The zero-order chi connectivity index (χ0) is 23.4. The van der Waals surface area contributed by atoms with Crippen LogP contribution in [0.25, 0.3) is 5.76 Å². The number of ketones is 1. The Kier molecular flexibility index (Phi) is 7.11. The van der Waals surface area contributed by atoms with Gasteiger partial charge in [0, 0.05) is 31.7 Å². The molecular formula is C26H30N2O5. The molecule has 0 radical (unpaired) electrons. The molecule has 1 amide bonds. The molecule has 2 aromatic carbocycles. The van der Waals surface area contributed by atoms with E-state index in [2.05, 4.69) is 4.90 Å². The third-order valence-electron chi connectivity index (χ3n) is 6.25. The van der Waals surface area contributed by atoms with Crippen LogP contribution in [-0.4, -0.2) is 73.1 Å². The fraction of sp³-hybridized carbons (Fsp3) is 0.385. The number of ether oxygens (including phenoxy) is 2. The Labute approximate surface area is 194 Å². The van der Waals surface area contributed by atoms with E-state index >= 15 is 0 Å². The highest BCUT2D eigenvalue weighted by Crippen LogP contribution is 2.39. The normalized spacial score (nSPS) is 20.9. The molecule has 7 heteroatoms. The number of rotatable bonds is 7. The van der Waals surface area contributed by atoms with Crippen molar-refractivity contribution in [2.24, 2.45) is 0 Å². The lowest BCUT2D eigenvalue weighted by atomic mass is 9.94. The summed E-state index contributed by atoms with van der Waals surface area (Å²) in [7, 11) is 1.54. The van der Waals surface area contributed by atoms with Gasteiger partial charge in [-0.05, 0) is 31.0 Å². The van der Waals surface area contributed by atoms with E-state index in [0.717, 1.165) is 37.2 Å². The molecular weight excluding hydrogens is 420 g/mol.